The lowest BCUT2D eigenvalue weighted by molar-refractivity contribution is -0.117. The Morgan fingerprint density at radius 3 is 2.86 bits per heavy atom. The van der Waals surface area contributed by atoms with Crippen LogP contribution in [0.15, 0.2) is 54.0 Å². The third kappa shape index (κ3) is 3.30. The van der Waals surface area contributed by atoms with Crippen molar-refractivity contribution in [2.75, 3.05) is 6.61 Å². The summed E-state index contributed by atoms with van der Waals surface area (Å²) < 4.78 is 8.03. The number of benzene rings is 2. The number of aromatic nitrogens is 3. The number of hydrogen-bond acceptors (Lipinski definition) is 5. The number of ether oxygens (including phenoxy) is 1. The molecule has 7 nitrogen and oxygen atoms in total. The number of nitrogens with zero attached hydrogens (tertiary/aromatic N) is 4. The van der Waals surface area contributed by atoms with E-state index in [9.17, 15) is 9.70 Å². The first kappa shape index (κ1) is 21.4. The molecule has 174 valence electrons. The molecule has 0 unspecified atom stereocenters. The average Bonchev–Trinajstić information content (AvgIpc) is 3.31. The summed E-state index contributed by atoms with van der Waals surface area (Å²) in [6, 6.07) is 12.1. The predicted octanol–water partition coefficient (Wildman–Crippen LogP) is 5.90. The quantitative estimate of drug-likeness (QED) is 0.309. The van der Waals surface area contributed by atoms with E-state index in [-0.39, 0.29) is 6.42 Å². The third-order valence-corrected chi connectivity index (χ3v) is 6.95. The van der Waals surface area contributed by atoms with Crippen molar-refractivity contribution in [2.45, 2.75) is 39.5 Å². The molecular formula is C28H24N4O3. The van der Waals surface area contributed by atoms with E-state index in [4.69, 9.17) is 14.7 Å². The molecule has 7 heteroatoms. The Labute approximate surface area is 201 Å². The molecule has 4 heterocycles. The van der Waals surface area contributed by atoms with E-state index in [0.717, 1.165) is 67.6 Å². The van der Waals surface area contributed by atoms with Crippen LogP contribution in [0.3, 0.4) is 0 Å². The van der Waals surface area contributed by atoms with Crippen LogP contribution in [-0.4, -0.2) is 26.9 Å². The van der Waals surface area contributed by atoms with Gasteiger partial charge >= 0.3 is 0 Å². The fourth-order valence-electron chi connectivity index (χ4n) is 5.21. The summed E-state index contributed by atoms with van der Waals surface area (Å²) in [5.41, 5.74) is 8.38. The maximum atomic E-state index is 12.2. The van der Waals surface area contributed by atoms with Gasteiger partial charge in [-0.15, -0.1) is 4.91 Å². The molecular weight excluding hydrogens is 440 g/mol. The van der Waals surface area contributed by atoms with Crippen LogP contribution in [0.1, 0.15) is 42.1 Å². The zero-order valence-electron chi connectivity index (χ0n) is 19.8. The molecule has 0 saturated carbocycles. The molecule has 3 aromatic heterocycles. The first-order valence-corrected chi connectivity index (χ1v) is 11.8. The fourth-order valence-corrected chi connectivity index (χ4v) is 5.21. The minimum atomic E-state index is -0.696. The Morgan fingerprint density at radius 1 is 1.20 bits per heavy atom. The van der Waals surface area contributed by atoms with Crippen molar-refractivity contribution in [3.05, 3.63) is 76.1 Å². The monoisotopic (exact) mass is 464 g/mol. The Bertz CT molecular complexity index is 1670. The molecule has 0 bridgehead atoms. The largest absolute Gasteiger partial charge is 0.493 e. The van der Waals surface area contributed by atoms with Crippen molar-refractivity contribution >= 4 is 33.4 Å². The van der Waals surface area contributed by atoms with Crippen molar-refractivity contribution in [3.8, 4) is 16.9 Å². The van der Waals surface area contributed by atoms with E-state index in [1.165, 1.54) is 5.56 Å². The van der Waals surface area contributed by atoms with E-state index in [1.807, 2.05) is 43.5 Å². The molecule has 1 aliphatic heterocycles. The summed E-state index contributed by atoms with van der Waals surface area (Å²) in [6.07, 6.45) is 4.65. The van der Waals surface area contributed by atoms with Gasteiger partial charge < -0.3 is 4.74 Å². The van der Waals surface area contributed by atoms with Crippen molar-refractivity contribution in [2.24, 2.45) is 5.18 Å². The van der Waals surface area contributed by atoms with Gasteiger partial charge in [0.1, 0.15) is 11.4 Å². The van der Waals surface area contributed by atoms with Crippen molar-refractivity contribution < 1.29 is 9.53 Å². The van der Waals surface area contributed by atoms with Crippen LogP contribution in [0.2, 0.25) is 0 Å². The number of fused-ring (bicyclic) bond motifs is 3. The van der Waals surface area contributed by atoms with Crippen molar-refractivity contribution in [1.29, 1.82) is 0 Å². The van der Waals surface area contributed by atoms with Gasteiger partial charge in [0, 0.05) is 40.3 Å². The second kappa shape index (κ2) is 7.98. The smallest absolute Gasteiger partial charge is 0.290 e. The normalized spacial score (nSPS) is 13.0. The van der Waals surface area contributed by atoms with Crippen LogP contribution < -0.4 is 4.74 Å². The minimum Gasteiger partial charge on any atom is -0.493 e. The number of rotatable bonds is 4. The Kier molecular flexibility index (Phi) is 4.88. The van der Waals surface area contributed by atoms with Crippen molar-refractivity contribution in [1.82, 2.24) is 14.4 Å². The second-order valence-corrected chi connectivity index (χ2v) is 9.43. The predicted molar refractivity (Wildman–Crippen MR) is 136 cm³/mol. The molecule has 0 spiro atoms. The maximum absolute atomic E-state index is 12.2. The SMILES string of the molecule is Cc1cc2c(ccc3nc(C(C)C)cn32)c(-c2ccc3c4c(ccnc24)CCO3)c1CC(=O)N=O. The molecule has 0 atom stereocenters. The molecule has 0 fully saturated rings. The lowest BCUT2D eigenvalue weighted by Crippen LogP contribution is -2.10. The first-order valence-electron chi connectivity index (χ1n) is 11.8. The molecule has 0 aliphatic carbocycles. The lowest BCUT2D eigenvalue weighted by atomic mass is 9.87. The van der Waals surface area contributed by atoms with E-state index >= 15 is 0 Å². The summed E-state index contributed by atoms with van der Waals surface area (Å²) in [7, 11) is 0. The zero-order chi connectivity index (χ0) is 24.3. The number of aryl methyl sites for hydroxylation is 1. The number of carbonyl (C=O) groups excluding carboxylic acids is 1. The first-order chi connectivity index (χ1) is 17.0. The standard InChI is InChI=1S/C28H24N4O3/c1-15(2)21-14-32-22-12-16(3)20(13-25(33)31-34)27(18(22)5-7-24(32)30-21)19-4-6-23-26-17(9-11-35-23)8-10-29-28(19)26/h4-8,10,12,14-15H,9,11,13H2,1-3H3. The summed E-state index contributed by atoms with van der Waals surface area (Å²) in [6.45, 7) is 6.86. The highest BCUT2D eigenvalue weighted by molar-refractivity contribution is 6.08. The van der Waals surface area contributed by atoms with E-state index < -0.39 is 5.91 Å². The molecule has 5 aromatic rings. The molecule has 6 rings (SSSR count). The van der Waals surface area contributed by atoms with Crippen molar-refractivity contribution in [3.63, 3.8) is 0 Å². The molecule has 0 saturated heterocycles. The molecule has 35 heavy (non-hydrogen) atoms. The van der Waals surface area contributed by atoms with Crippen LogP contribution in [0.4, 0.5) is 0 Å². The molecule has 0 N–H and O–H groups in total. The Morgan fingerprint density at radius 2 is 2.06 bits per heavy atom. The van der Waals surface area contributed by atoms with Gasteiger partial charge in [-0.2, -0.15) is 0 Å². The van der Waals surface area contributed by atoms with E-state index in [0.29, 0.717) is 12.5 Å². The summed E-state index contributed by atoms with van der Waals surface area (Å²) >= 11 is 0. The average molecular weight is 465 g/mol. The number of hydrogen-bond donors (Lipinski definition) is 0. The number of amides is 1. The van der Waals surface area contributed by atoms with Gasteiger partial charge in [-0.3, -0.25) is 14.2 Å². The topological polar surface area (TPSA) is 85.9 Å². The summed E-state index contributed by atoms with van der Waals surface area (Å²) in [5.74, 6) is 0.421. The van der Waals surface area contributed by atoms with Gasteiger partial charge in [0.15, 0.2) is 0 Å². The van der Waals surface area contributed by atoms with Gasteiger partial charge in [-0.25, -0.2) is 4.98 Å². The molecule has 2 aromatic carbocycles. The van der Waals surface area contributed by atoms with Crippen LogP contribution in [-0.2, 0) is 17.6 Å². The van der Waals surface area contributed by atoms with Gasteiger partial charge in [-0.05, 0) is 71.5 Å². The maximum Gasteiger partial charge on any atom is 0.290 e. The van der Waals surface area contributed by atoms with Crippen LogP contribution in [0.5, 0.6) is 5.75 Å². The third-order valence-electron chi connectivity index (χ3n) is 6.95. The molecule has 0 radical (unpaired) electrons. The molecule has 1 aliphatic rings. The number of pyridine rings is 2. The van der Waals surface area contributed by atoms with Gasteiger partial charge in [0.25, 0.3) is 5.91 Å². The Balaban J connectivity index is 1.75. The summed E-state index contributed by atoms with van der Waals surface area (Å²) in [5, 5.41) is 4.65. The number of nitroso groups, excluding NO2 is 1. The second-order valence-electron chi connectivity index (χ2n) is 9.43. The van der Waals surface area contributed by atoms with Gasteiger partial charge in [-0.1, -0.05) is 13.8 Å². The highest BCUT2D eigenvalue weighted by atomic mass is 16.5. The van der Waals surface area contributed by atoms with E-state index in [2.05, 4.69) is 35.7 Å². The lowest BCUT2D eigenvalue weighted by Gasteiger charge is -2.22. The molecule has 1 amide bonds. The van der Waals surface area contributed by atoms with Crippen LogP contribution in [0, 0.1) is 11.8 Å². The minimum absolute atomic E-state index is 0.0702. The van der Waals surface area contributed by atoms with E-state index in [1.54, 1.807) is 0 Å². The van der Waals surface area contributed by atoms with Crippen LogP contribution in [0.25, 0.3) is 38.6 Å². The highest BCUT2D eigenvalue weighted by Crippen LogP contribution is 2.42. The fraction of sp³-hybridized carbons (Fsp3) is 0.250. The summed E-state index contributed by atoms with van der Waals surface area (Å²) in [4.78, 5) is 32.9. The van der Waals surface area contributed by atoms with Gasteiger partial charge in [0.2, 0.25) is 0 Å². The highest BCUT2D eigenvalue weighted by Gasteiger charge is 2.23. The number of imidazole rings is 1. The number of carbonyl (C=O) groups is 1. The Hall–Kier alpha value is -4.13. The zero-order valence-corrected chi connectivity index (χ0v) is 19.8. The van der Waals surface area contributed by atoms with Crippen LogP contribution >= 0.6 is 0 Å². The van der Waals surface area contributed by atoms with Gasteiger partial charge in [0.05, 0.1) is 29.8 Å².